The molecule has 1 heterocycles. The Balaban J connectivity index is 2.29. The number of likely N-dealkylation sites (tertiary alicyclic amines) is 1. The summed E-state index contributed by atoms with van der Waals surface area (Å²) in [5.41, 5.74) is 0. The zero-order valence-electron chi connectivity index (χ0n) is 8.88. The highest BCUT2D eigenvalue weighted by Gasteiger charge is 2.22. The second kappa shape index (κ2) is 4.98. The molecule has 4 heteroatoms. The summed E-state index contributed by atoms with van der Waals surface area (Å²) in [7, 11) is 0. The minimum atomic E-state index is -0.0467. The molecular formula is C10H18N2O2. The molecule has 0 spiro atoms. The van der Waals surface area contributed by atoms with Gasteiger partial charge in [-0.1, -0.05) is 6.92 Å². The fourth-order valence-electron chi connectivity index (χ4n) is 1.47. The number of amides is 2. The molecular weight excluding hydrogens is 180 g/mol. The first kappa shape index (κ1) is 11.0. The summed E-state index contributed by atoms with van der Waals surface area (Å²) in [6.07, 6.45) is 2.39. The molecule has 1 aliphatic heterocycles. The molecule has 80 valence electrons. The zero-order valence-corrected chi connectivity index (χ0v) is 8.88. The molecule has 0 saturated carbocycles. The van der Waals surface area contributed by atoms with Gasteiger partial charge in [0.2, 0.25) is 11.8 Å². The minimum Gasteiger partial charge on any atom is -0.352 e. The van der Waals surface area contributed by atoms with E-state index in [4.69, 9.17) is 0 Å². The molecule has 0 aliphatic carbocycles. The van der Waals surface area contributed by atoms with E-state index in [2.05, 4.69) is 5.32 Å². The fourth-order valence-corrected chi connectivity index (χ4v) is 1.47. The smallest absolute Gasteiger partial charge is 0.239 e. The van der Waals surface area contributed by atoms with E-state index in [9.17, 15) is 9.59 Å². The van der Waals surface area contributed by atoms with Gasteiger partial charge in [0.15, 0.2) is 0 Å². The van der Waals surface area contributed by atoms with Crippen LogP contribution in [0.4, 0.5) is 0 Å². The number of nitrogens with one attached hydrogen (secondary N) is 1. The van der Waals surface area contributed by atoms with Gasteiger partial charge >= 0.3 is 0 Å². The van der Waals surface area contributed by atoms with Gasteiger partial charge < -0.3 is 10.2 Å². The molecule has 0 aromatic heterocycles. The molecule has 2 amide bonds. The van der Waals surface area contributed by atoms with Crippen LogP contribution in [0.3, 0.4) is 0 Å². The molecule has 0 bridgehead atoms. The molecule has 0 aromatic rings. The van der Waals surface area contributed by atoms with Crippen LogP contribution in [-0.2, 0) is 9.59 Å². The quantitative estimate of drug-likeness (QED) is 0.716. The van der Waals surface area contributed by atoms with Crippen LogP contribution < -0.4 is 5.32 Å². The Morgan fingerprint density at radius 1 is 1.64 bits per heavy atom. The summed E-state index contributed by atoms with van der Waals surface area (Å²) >= 11 is 0. The summed E-state index contributed by atoms with van der Waals surface area (Å²) in [5.74, 6) is 0.0545. The van der Waals surface area contributed by atoms with Gasteiger partial charge in [-0.2, -0.15) is 0 Å². The van der Waals surface area contributed by atoms with Crippen LogP contribution in [0.15, 0.2) is 0 Å². The van der Waals surface area contributed by atoms with Gasteiger partial charge in [0.1, 0.15) is 0 Å². The van der Waals surface area contributed by atoms with Crippen molar-refractivity contribution in [1.82, 2.24) is 10.2 Å². The Labute approximate surface area is 84.7 Å². The van der Waals surface area contributed by atoms with Crippen molar-refractivity contribution in [2.75, 3.05) is 13.1 Å². The Kier molecular flexibility index (Phi) is 3.92. The van der Waals surface area contributed by atoms with E-state index in [0.29, 0.717) is 6.42 Å². The highest BCUT2D eigenvalue weighted by Crippen LogP contribution is 2.08. The van der Waals surface area contributed by atoms with E-state index in [1.807, 2.05) is 13.8 Å². The maximum absolute atomic E-state index is 11.4. The molecule has 1 rings (SSSR count). The van der Waals surface area contributed by atoms with E-state index < -0.39 is 0 Å². The normalized spacial score (nSPS) is 18.4. The lowest BCUT2D eigenvalue weighted by molar-refractivity contribution is -0.133. The second-order valence-corrected chi connectivity index (χ2v) is 3.80. The van der Waals surface area contributed by atoms with Crippen LogP contribution in [-0.4, -0.2) is 35.8 Å². The highest BCUT2D eigenvalue weighted by molar-refractivity contribution is 5.85. The largest absolute Gasteiger partial charge is 0.352 e. The molecule has 0 aromatic carbocycles. The van der Waals surface area contributed by atoms with Crippen molar-refractivity contribution in [1.29, 1.82) is 0 Å². The van der Waals surface area contributed by atoms with Crippen molar-refractivity contribution in [3.63, 3.8) is 0 Å². The molecule has 14 heavy (non-hydrogen) atoms. The summed E-state index contributed by atoms with van der Waals surface area (Å²) in [5, 5.41) is 2.84. The molecule has 1 unspecified atom stereocenters. The van der Waals surface area contributed by atoms with Crippen LogP contribution in [0.25, 0.3) is 0 Å². The van der Waals surface area contributed by atoms with Crippen LogP contribution in [0, 0.1) is 0 Å². The second-order valence-electron chi connectivity index (χ2n) is 3.80. The summed E-state index contributed by atoms with van der Waals surface area (Å²) < 4.78 is 0. The van der Waals surface area contributed by atoms with Gasteiger partial charge in [-0.05, 0) is 19.8 Å². The van der Waals surface area contributed by atoms with Crippen LogP contribution in [0.2, 0.25) is 0 Å². The number of nitrogens with zero attached hydrogens (tertiary/aromatic N) is 1. The Hall–Kier alpha value is -1.06. The third kappa shape index (κ3) is 3.01. The van der Waals surface area contributed by atoms with Gasteiger partial charge in [-0.25, -0.2) is 0 Å². The van der Waals surface area contributed by atoms with Crippen molar-refractivity contribution in [2.24, 2.45) is 0 Å². The minimum absolute atomic E-state index is 0.0467. The average molecular weight is 198 g/mol. The molecule has 1 saturated heterocycles. The predicted octanol–water partition coefficient (Wildman–Crippen LogP) is 0.523. The standard InChI is InChI=1S/C10H18N2O2/c1-3-8(2)11-9(13)7-12-6-4-5-10(12)14/h8H,3-7H2,1-2H3,(H,11,13). The lowest BCUT2D eigenvalue weighted by Crippen LogP contribution is -2.41. The van der Waals surface area contributed by atoms with Crippen molar-refractivity contribution in [3.8, 4) is 0 Å². The number of carbonyl (C=O) groups is 2. The zero-order chi connectivity index (χ0) is 10.6. The fraction of sp³-hybridized carbons (Fsp3) is 0.800. The van der Waals surface area contributed by atoms with Gasteiger partial charge in [0.05, 0.1) is 6.54 Å². The van der Waals surface area contributed by atoms with E-state index in [1.54, 1.807) is 4.90 Å². The maximum Gasteiger partial charge on any atom is 0.239 e. The number of hydrogen-bond donors (Lipinski definition) is 1. The van der Waals surface area contributed by atoms with Gasteiger partial charge in [0, 0.05) is 19.0 Å². The summed E-state index contributed by atoms with van der Waals surface area (Å²) in [4.78, 5) is 24.2. The lowest BCUT2D eigenvalue weighted by atomic mass is 10.2. The molecule has 1 aliphatic rings. The Morgan fingerprint density at radius 2 is 2.36 bits per heavy atom. The molecule has 1 N–H and O–H groups in total. The Morgan fingerprint density at radius 3 is 2.86 bits per heavy atom. The SMILES string of the molecule is CCC(C)NC(=O)CN1CCCC1=O. The maximum atomic E-state index is 11.4. The van der Waals surface area contributed by atoms with Crippen molar-refractivity contribution < 1.29 is 9.59 Å². The van der Waals surface area contributed by atoms with Crippen molar-refractivity contribution in [2.45, 2.75) is 39.2 Å². The van der Waals surface area contributed by atoms with Crippen molar-refractivity contribution in [3.05, 3.63) is 0 Å². The van der Waals surface area contributed by atoms with Gasteiger partial charge in [0.25, 0.3) is 0 Å². The van der Waals surface area contributed by atoms with Gasteiger partial charge in [-0.3, -0.25) is 9.59 Å². The topological polar surface area (TPSA) is 49.4 Å². The molecule has 1 fully saturated rings. The van der Waals surface area contributed by atoms with Crippen LogP contribution in [0.1, 0.15) is 33.1 Å². The molecule has 4 nitrogen and oxygen atoms in total. The summed E-state index contributed by atoms with van der Waals surface area (Å²) in [6, 6.07) is 0.195. The first-order chi connectivity index (χ1) is 6.63. The molecule has 1 atom stereocenters. The Bertz CT molecular complexity index is 228. The third-order valence-electron chi connectivity index (χ3n) is 2.53. The lowest BCUT2D eigenvalue weighted by Gasteiger charge is -2.17. The number of hydrogen-bond acceptors (Lipinski definition) is 2. The highest BCUT2D eigenvalue weighted by atomic mass is 16.2. The van der Waals surface area contributed by atoms with E-state index >= 15 is 0 Å². The monoisotopic (exact) mass is 198 g/mol. The van der Waals surface area contributed by atoms with E-state index in [-0.39, 0.29) is 24.4 Å². The molecule has 0 radical (unpaired) electrons. The van der Waals surface area contributed by atoms with Crippen LogP contribution >= 0.6 is 0 Å². The third-order valence-corrected chi connectivity index (χ3v) is 2.53. The van der Waals surface area contributed by atoms with Crippen LogP contribution in [0.5, 0.6) is 0 Å². The summed E-state index contributed by atoms with van der Waals surface area (Å²) in [6.45, 7) is 4.94. The number of carbonyl (C=O) groups excluding carboxylic acids is 2. The van der Waals surface area contributed by atoms with Gasteiger partial charge in [-0.15, -0.1) is 0 Å². The van der Waals surface area contributed by atoms with Crippen molar-refractivity contribution >= 4 is 11.8 Å². The van der Waals surface area contributed by atoms with E-state index in [1.165, 1.54) is 0 Å². The average Bonchev–Trinajstić information content (AvgIpc) is 2.51. The number of rotatable bonds is 4. The predicted molar refractivity (Wildman–Crippen MR) is 53.7 cm³/mol. The first-order valence-corrected chi connectivity index (χ1v) is 5.20. The first-order valence-electron chi connectivity index (χ1n) is 5.20. The van der Waals surface area contributed by atoms with E-state index in [0.717, 1.165) is 19.4 Å².